The number of hydrogen-bond donors (Lipinski definition) is 2. The number of imidazole rings is 1. The van der Waals surface area contributed by atoms with Crippen LogP contribution in [0.3, 0.4) is 0 Å². The maximum Gasteiger partial charge on any atom is 0.140 e. The van der Waals surface area contributed by atoms with Crippen molar-refractivity contribution in [1.82, 2.24) is 19.9 Å². The number of hydrogen-bond acceptors (Lipinski definition) is 4. The average Bonchev–Trinajstić information content (AvgIpc) is 3.24. The molecule has 0 bridgehead atoms. The molecular formula is C21H19B8N5. The van der Waals surface area contributed by atoms with Gasteiger partial charge in [0.05, 0.1) is 23.3 Å². The van der Waals surface area contributed by atoms with Gasteiger partial charge in [-0.2, -0.15) is 0 Å². The van der Waals surface area contributed by atoms with Crippen LogP contribution in [0.1, 0.15) is 42.8 Å². The van der Waals surface area contributed by atoms with Crippen LogP contribution in [-0.4, -0.2) is 95.7 Å². The zero-order chi connectivity index (χ0) is 24.8. The Bertz CT molecular complexity index is 1200. The molecule has 1 aromatic carbocycles. The average molecular weight is 428 g/mol. The summed E-state index contributed by atoms with van der Waals surface area (Å²) in [7, 11) is 49.9. The number of H-pyrrole nitrogens is 1. The Labute approximate surface area is 211 Å². The zero-order valence-electron chi connectivity index (χ0n) is 19.2. The third-order valence-corrected chi connectivity index (χ3v) is 6.74. The van der Waals surface area contributed by atoms with E-state index in [1.165, 1.54) is 0 Å². The number of rotatable bonds is 7. The topological polar surface area (TPSA) is 70.8 Å². The van der Waals surface area contributed by atoms with Crippen LogP contribution < -0.4 is 44.1 Å². The predicted octanol–water partition coefficient (Wildman–Crippen LogP) is -5.59. The number of benzene rings is 1. The second-order valence-corrected chi connectivity index (χ2v) is 8.91. The van der Waals surface area contributed by atoms with Crippen LogP contribution in [-0.2, 0) is 18.4 Å². The minimum Gasteiger partial charge on any atom is -0.341 e. The van der Waals surface area contributed by atoms with Gasteiger partial charge in [-0.3, -0.25) is 9.88 Å². The SMILES string of the molecule is [B]c1nc2c(c([B])c1[B])CCC[C@]2([B])N(CCCCN)Cc1nc2c([B])c([B])c([B])c([B])c2[nH]1. The molecule has 0 spiro atoms. The van der Waals surface area contributed by atoms with Gasteiger partial charge in [-0.25, -0.2) is 4.98 Å². The lowest BCUT2D eigenvalue weighted by molar-refractivity contribution is 0.123. The first-order valence-electron chi connectivity index (χ1n) is 11.3. The first-order chi connectivity index (χ1) is 16.1. The van der Waals surface area contributed by atoms with Crippen molar-refractivity contribution < 1.29 is 0 Å². The van der Waals surface area contributed by atoms with Gasteiger partial charge >= 0.3 is 0 Å². The van der Waals surface area contributed by atoms with E-state index in [0.717, 1.165) is 31.2 Å². The number of aromatic nitrogens is 3. The Kier molecular flexibility index (Phi) is 7.26. The summed E-state index contributed by atoms with van der Waals surface area (Å²) in [6, 6.07) is 0. The maximum atomic E-state index is 7.08. The van der Waals surface area contributed by atoms with Gasteiger partial charge in [-0.1, -0.05) is 21.9 Å². The van der Waals surface area contributed by atoms with Crippen LogP contribution in [0, 0.1) is 0 Å². The molecule has 5 nitrogen and oxygen atoms in total. The molecular weight excluding hydrogens is 409 g/mol. The predicted molar refractivity (Wildman–Crippen MR) is 147 cm³/mol. The van der Waals surface area contributed by atoms with E-state index in [1.807, 2.05) is 0 Å². The van der Waals surface area contributed by atoms with Crippen LogP contribution in [0.5, 0.6) is 0 Å². The maximum absolute atomic E-state index is 7.08. The molecule has 0 aliphatic heterocycles. The standard InChI is InChI=1S/C21H19B8N5/c22-11-9-4-3-5-21(29,19(9)33-20(28)16(11)27)34(7-2-1-6-30)8-10-31-17-14(25)12(23)13(24)15(26)18(17)32-10/h1-8,30H2,(H,31,32)/t21-/m0/s1. The van der Waals surface area contributed by atoms with Crippen molar-refractivity contribution in [3.8, 4) is 0 Å². The summed E-state index contributed by atoms with van der Waals surface area (Å²) < 4.78 is 0. The number of unbranched alkanes of at least 4 members (excludes halogenated alkanes) is 1. The van der Waals surface area contributed by atoms with Crippen LogP contribution in [0.4, 0.5) is 0 Å². The van der Waals surface area contributed by atoms with Crippen molar-refractivity contribution in [2.24, 2.45) is 5.73 Å². The smallest absolute Gasteiger partial charge is 0.140 e. The zero-order valence-corrected chi connectivity index (χ0v) is 19.2. The van der Waals surface area contributed by atoms with Crippen molar-refractivity contribution in [2.75, 3.05) is 13.1 Å². The van der Waals surface area contributed by atoms with E-state index in [2.05, 4.69) is 19.9 Å². The second kappa shape index (κ2) is 9.73. The summed E-state index contributed by atoms with van der Waals surface area (Å²) in [4.78, 5) is 14.6. The summed E-state index contributed by atoms with van der Waals surface area (Å²) in [5.74, 6) is 0.611. The van der Waals surface area contributed by atoms with Gasteiger partial charge in [0.2, 0.25) is 0 Å². The first-order valence-corrected chi connectivity index (χ1v) is 11.3. The molecule has 2 heterocycles. The molecule has 1 atom stereocenters. The number of nitrogens with two attached hydrogens (primary N) is 1. The van der Waals surface area contributed by atoms with Crippen molar-refractivity contribution in [3.05, 3.63) is 17.1 Å². The largest absolute Gasteiger partial charge is 0.341 e. The van der Waals surface area contributed by atoms with Gasteiger partial charge < -0.3 is 10.7 Å². The lowest BCUT2D eigenvalue weighted by atomic mass is 9.61. The van der Waals surface area contributed by atoms with Crippen LogP contribution >= 0.6 is 0 Å². The Hall–Kier alpha value is -1.72. The number of fused-ring (bicyclic) bond motifs is 2. The monoisotopic (exact) mass is 429 g/mol. The van der Waals surface area contributed by atoms with E-state index < -0.39 is 5.44 Å². The number of aromatic amines is 1. The third kappa shape index (κ3) is 4.24. The molecule has 0 saturated carbocycles. The van der Waals surface area contributed by atoms with Gasteiger partial charge in [0, 0.05) is 5.44 Å². The minimum atomic E-state index is -0.938. The number of nitrogens with one attached hydrogen (secondary N) is 1. The van der Waals surface area contributed by atoms with Gasteiger partial charge in [0.25, 0.3) is 0 Å². The molecule has 2 aromatic heterocycles. The molecule has 4 rings (SSSR count). The summed E-state index contributed by atoms with van der Waals surface area (Å²) in [5.41, 5.74) is 9.21. The van der Waals surface area contributed by atoms with Gasteiger partial charge in [-0.05, 0) is 56.4 Å². The molecule has 1 aliphatic carbocycles. The molecule has 0 fully saturated rings. The van der Waals surface area contributed by atoms with Crippen LogP contribution in [0.15, 0.2) is 0 Å². The highest BCUT2D eigenvalue weighted by atomic mass is 15.2. The third-order valence-electron chi connectivity index (χ3n) is 6.74. The van der Waals surface area contributed by atoms with Crippen molar-refractivity contribution in [3.63, 3.8) is 0 Å². The lowest BCUT2D eigenvalue weighted by Crippen LogP contribution is -2.54. The lowest BCUT2D eigenvalue weighted by Gasteiger charge is -2.46. The van der Waals surface area contributed by atoms with E-state index in [4.69, 9.17) is 68.5 Å². The van der Waals surface area contributed by atoms with E-state index in [-0.39, 0.29) is 27.4 Å². The highest BCUT2D eigenvalue weighted by Gasteiger charge is 2.39. The first kappa shape index (κ1) is 25.4. The van der Waals surface area contributed by atoms with Crippen molar-refractivity contribution >= 4 is 112 Å². The molecule has 16 radical (unpaired) electrons. The molecule has 0 saturated heterocycles. The fourth-order valence-corrected chi connectivity index (χ4v) is 4.74. The Morgan fingerprint density at radius 3 is 2.29 bits per heavy atom. The normalized spacial score (nSPS) is 17.9. The van der Waals surface area contributed by atoms with E-state index >= 15 is 0 Å². The second-order valence-electron chi connectivity index (χ2n) is 8.91. The molecule has 3 N–H and O–H groups in total. The molecule has 1 aliphatic rings. The fraction of sp³-hybridized carbons (Fsp3) is 0.429. The van der Waals surface area contributed by atoms with Crippen LogP contribution in [0.2, 0.25) is 0 Å². The van der Waals surface area contributed by atoms with E-state index in [9.17, 15) is 0 Å². The van der Waals surface area contributed by atoms with Gasteiger partial charge in [-0.15, -0.1) is 10.9 Å². The molecule has 13 heteroatoms. The molecule has 0 unspecified atom stereocenters. The Morgan fingerprint density at radius 2 is 1.59 bits per heavy atom. The molecule has 152 valence electrons. The highest BCUT2D eigenvalue weighted by Crippen LogP contribution is 2.36. The summed E-state index contributed by atoms with van der Waals surface area (Å²) >= 11 is 0. The van der Waals surface area contributed by atoms with Crippen molar-refractivity contribution in [2.45, 2.75) is 44.1 Å². The minimum absolute atomic E-state index is 0.171. The Balaban J connectivity index is 1.79. The summed E-state index contributed by atoms with van der Waals surface area (Å²) in [6.07, 6.45) is 3.87. The quantitative estimate of drug-likeness (QED) is 0.291. The summed E-state index contributed by atoms with van der Waals surface area (Å²) in [5, 5.41) is 0. The molecule has 3 aromatic rings. The number of pyridine rings is 1. The molecule has 34 heavy (non-hydrogen) atoms. The van der Waals surface area contributed by atoms with E-state index in [0.29, 0.717) is 59.5 Å². The van der Waals surface area contributed by atoms with Crippen molar-refractivity contribution in [1.29, 1.82) is 0 Å². The van der Waals surface area contributed by atoms with E-state index in [1.54, 1.807) is 0 Å². The van der Waals surface area contributed by atoms with Gasteiger partial charge in [0.15, 0.2) is 0 Å². The fourth-order valence-electron chi connectivity index (χ4n) is 4.74. The van der Waals surface area contributed by atoms with Gasteiger partial charge in [0.1, 0.15) is 68.6 Å². The Morgan fingerprint density at radius 1 is 0.882 bits per heavy atom. The van der Waals surface area contributed by atoms with Crippen LogP contribution in [0.25, 0.3) is 11.0 Å². The number of nitrogens with zero attached hydrogens (tertiary/aromatic N) is 3. The highest BCUT2D eigenvalue weighted by molar-refractivity contribution is 6.66. The summed E-state index contributed by atoms with van der Waals surface area (Å²) in [6.45, 7) is 1.58. The molecule has 0 amide bonds.